The number of anilines is 1. The van der Waals surface area contributed by atoms with Crippen molar-refractivity contribution in [2.24, 2.45) is 5.92 Å². The van der Waals surface area contributed by atoms with Gasteiger partial charge in [-0.3, -0.25) is 4.79 Å². The minimum Gasteiger partial charge on any atom is -0.493 e. The van der Waals surface area contributed by atoms with E-state index in [9.17, 15) is 4.79 Å². The molecule has 3 aromatic rings. The van der Waals surface area contributed by atoms with Gasteiger partial charge in [0.1, 0.15) is 0 Å². The Bertz CT molecular complexity index is 1110. The molecule has 4 rings (SSSR count). The van der Waals surface area contributed by atoms with E-state index in [1.807, 2.05) is 53.4 Å². The molecule has 0 bridgehead atoms. The Balaban J connectivity index is 1.63. The molecule has 0 saturated carbocycles. The van der Waals surface area contributed by atoms with Gasteiger partial charge < -0.3 is 24.0 Å². The minimum absolute atomic E-state index is 0.0837. The van der Waals surface area contributed by atoms with Crippen LogP contribution in [-0.2, 0) is 6.42 Å². The Kier molecular flexibility index (Phi) is 8.36. The highest BCUT2D eigenvalue weighted by Gasteiger charge is 2.34. The van der Waals surface area contributed by atoms with Crippen LogP contribution in [-0.4, -0.2) is 57.8 Å². The van der Waals surface area contributed by atoms with Crippen LogP contribution in [0.25, 0.3) is 0 Å². The lowest BCUT2D eigenvalue weighted by Gasteiger charge is -2.45. The zero-order valence-electron chi connectivity index (χ0n) is 21.6. The maximum Gasteiger partial charge on any atom is 0.253 e. The lowest BCUT2D eigenvalue weighted by atomic mass is 9.90. The van der Waals surface area contributed by atoms with Gasteiger partial charge >= 0.3 is 0 Å². The number of carbonyl (C=O) groups is 1. The number of rotatable bonds is 9. The average molecular weight is 489 g/mol. The molecule has 2 atom stereocenters. The van der Waals surface area contributed by atoms with Crippen LogP contribution < -0.4 is 19.1 Å². The van der Waals surface area contributed by atoms with Crippen LogP contribution in [0.2, 0.25) is 0 Å². The summed E-state index contributed by atoms with van der Waals surface area (Å²) in [6.07, 6.45) is 2.01. The summed E-state index contributed by atoms with van der Waals surface area (Å²) in [5, 5.41) is 0. The number of amides is 1. The molecule has 1 aliphatic heterocycles. The second-order valence-electron chi connectivity index (χ2n) is 9.26. The van der Waals surface area contributed by atoms with Gasteiger partial charge in [0.05, 0.1) is 21.3 Å². The highest BCUT2D eigenvalue weighted by Crippen LogP contribution is 2.42. The summed E-state index contributed by atoms with van der Waals surface area (Å²) < 4.78 is 16.8. The second kappa shape index (κ2) is 11.8. The van der Waals surface area contributed by atoms with E-state index in [1.54, 1.807) is 21.3 Å². The van der Waals surface area contributed by atoms with Crippen LogP contribution >= 0.6 is 0 Å². The first-order valence-corrected chi connectivity index (χ1v) is 12.5. The number of benzene rings is 3. The third-order valence-corrected chi connectivity index (χ3v) is 7.10. The lowest BCUT2D eigenvalue weighted by molar-refractivity contribution is 0.0703. The van der Waals surface area contributed by atoms with Crippen molar-refractivity contribution in [1.29, 1.82) is 0 Å². The fourth-order valence-electron chi connectivity index (χ4n) is 5.03. The van der Waals surface area contributed by atoms with E-state index in [0.29, 0.717) is 36.3 Å². The quantitative estimate of drug-likeness (QED) is 0.408. The summed E-state index contributed by atoms with van der Waals surface area (Å²) in [5.74, 6) is 2.27. The molecule has 0 radical (unpaired) electrons. The van der Waals surface area contributed by atoms with Crippen molar-refractivity contribution in [3.63, 3.8) is 0 Å². The maximum atomic E-state index is 13.3. The van der Waals surface area contributed by atoms with Crippen molar-refractivity contribution in [2.75, 3.05) is 45.9 Å². The normalized spacial score (nSPS) is 16.4. The molecule has 6 nitrogen and oxygen atoms in total. The van der Waals surface area contributed by atoms with Crippen molar-refractivity contribution in [3.05, 3.63) is 83.9 Å². The molecule has 0 N–H and O–H groups in total. The van der Waals surface area contributed by atoms with Gasteiger partial charge in [0, 0.05) is 49.1 Å². The van der Waals surface area contributed by atoms with Gasteiger partial charge in [0.15, 0.2) is 11.5 Å². The number of hydrogen-bond acceptors (Lipinski definition) is 5. The van der Waals surface area contributed by atoms with Gasteiger partial charge in [-0.25, -0.2) is 0 Å². The molecule has 1 heterocycles. The zero-order valence-corrected chi connectivity index (χ0v) is 21.6. The molecular formula is C30H36N2O4. The highest BCUT2D eigenvalue weighted by atomic mass is 16.5. The predicted octanol–water partition coefficient (Wildman–Crippen LogP) is 5.31. The smallest absolute Gasteiger partial charge is 0.253 e. The fourth-order valence-corrected chi connectivity index (χ4v) is 5.03. The van der Waals surface area contributed by atoms with Gasteiger partial charge in [0.25, 0.3) is 5.91 Å². The van der Waals surface area contributed by atoms with Crippen LogP contribution in [0, 0.1) is 5.92 Å². The first-order valence-electron chi connectivity index (χ1n) is 12.5. The lowest BCUT2D eigenvalue weighted by Crippen LogP contribution is -2.57. The summed E-state index contributed by atoms with van der Waals surface area (Å²) in [6, 6.07) is 24.3. The van der Waals surface area contributed by atoms with E-state index in [1.165, 1.54) is 5.56 Å². The molecule has 0 spiro atoms. The van der Waals surface area contributed by atoms with Gasteiger partial charge in [-0.2, -0.15) is 0 Å². The van der Waals surface area contributed by atoms with Crippen LogP contribution in [0.4, 0.5) is 5.69 Å². The fraction of sp³-hybridized carbons (Fsp3) is 0.367. The zero-order chi connectivity index (χ0) is 25.5. The molecule has 1 saturated heterocycles. The summed E-state index contributed by atoms with van der Waals surface area (Å²) in [5.41, 5.74) is 3.07. The first-order chi connectivity index (χ1) is 17.5. The molecule has 0 aliphatic carbocycles. The van der Waals surface area contributed by atoms with Crippen molar-refractivity contribution < 1.29 is 19.0 Å². The Labute approximate surface area is 214 Å². The van der Waals surface area contributed by atoms with Gasteiger partial charge in [0.2, 0.25) is 5.75 Å². The van der Waals surface area contributed by atoms with Crippen molar-refractivity contribution in [1.82, 2.24) is 4.90 Å². The van der Waals surface area contributed by atoms with Gasteiger partial charge in [-0.1, -0.05) is 55.5 Å². The molecule has 190 valence electrons. The van der Waals surface area contributed by atoms with E-state index in [2.05, 4.69) is 36.1 Å². The number of hydrogen-bond donors (Lipinski definition) is 0. The van der Waals surface area contributed by atoms with Crippen LogP contribution in [0.15, 0.2) is 72.8 Å². The van der Waals surface area contributed by atoms with Crippen LogP contribution in [0.3, 0.4) is 0 Å². The Morgan fingerprint density at radius 2 is 1.50 bits per heavy atom. The second-order valence-corrected chi connectivity index (χ2v) is 9.26. The van der Waals surface area contributed by atoms with Crippen molar-refractivity contribution in [2.45, 2.75) is 25.8 Å². The molecule has 2 unspecified atom stereocenters. The van der Waals surface area contributed by atoms with E-state index < -0.39 is 0 Å². The van der Waals surface area contributed by atoms with E-state index in [-0.39, 0.29) is 11.9 Å². The average Bonchev–Trinajstić information content (AvgIpc) is 2.95. The molecule has 36 heavy (non-hydrogen) atoms. The Morgan fingerprint density at radius 1 is 0.889 bits per heavy atom. The molecule has 3 aromatic carbocycles. The Morgan fingerprint density at radius 3 is 2.08 bits per heavy atom. The number of methoxy groups -OCH3 is 3. The van der Waals surface area contributed by atoms with E-state index in [0.717, 1.165) is 30.6 Å². The predicted molar refractivity (Wildman–Crippen MR) is 144 cm³/mol. The molecule has 1 fully saturated rings. The number of carbonyl (C=O) groups excluding carboxylic acids is 1. The van der Waals surface area contributed by atoms with Crippen LogP contribution in [0.5, 0.6) is 17.2 Å². The van der Waals surface area contributed by atoms with Crippen molar-refractivity contribution in [3.8, 4) is 17.2 Å². The van der Waals surface area contributed by atoms with Crippen LogP contribution in [0.1, 0.15) is 29.3 Å². The number of ether oxygens (including phenoxy) is 3. The topological polar surface area (TPSA) is 51.2 Å². The van der Waals surface area contributed by atoms with E-state index in [4.69, 9.17) is 14.2 Å². The molecule has 1 aliphatic rings. The molecule has 0 aromatic heterocycles. The van der Waals surface area contributed by atoms with E-state index >= 15 is 0 Å². The highest BCUT2D eigenvalue weighted by molar-refractivity contribution is 5.94. The summed E-state index contributed by atoms with van der Waals surface area (Å²) in [4.78, 5) is 17.7. The minimum atomic E-state index is 0.0837. The molecule has 1 amide bonds. The largest absolute Gasteiger partial charge is 0.493 e. The summed E-state index contributed by atoms with van der Waals surface area (Å²) in [6.45, 7) is 4.30. The number of nitrogens with zero attached hydrogens (tertiary/aromatic N) is 2. The molecular weight excluding hydrogens is 452 g/mol. The SMILES string of the molecule is COc1cc(N2CCN(C(=O)c3ccccc3)CC2C(C)CCc2ccccc2)cc(OC)c1OC. The third-order valence-electron chi connectivity index (χ3n) is 7.10. The number of piperazine rings is 1. The summed E-state index contributed by atoms with van der Waals surface area (Å²) in [7, 11) is 4.89. The van der Waals surface area contributed by atoms with Gasteiger partial charge in [-0.05, 0) is 36.5 Å². The summed E-state index contributed by atoms with van der Waals surface area (Å²) >= 11 is 0. The van der Waals surface area contributed by atoms with Crippen molar-refractivity contribution >= 4 is 11.6 Å². The molecule has 6 heteroatoms. The standard InChI is InChI=1S/C30H36N2O4/c1-22(15-16-23-11-7-5-8-12-23)26-21-31(30(33)24-13-9-6-10-14-24)17-18-32(26)25-19-27(34-2)29(36-4)28(20-25)35-3/h5-14,19-20,22,26H,15-18,21H2,1-4H3. The monoisotopic (exact) mass is 488 g/mol. The maximum absolute atomic E-state index is 13.3. The first kappa shape index (κ1) is 25.4. The van der Waals surface area contributed by atoms with Gasteiger partial charge in [-0.15, -0.1) is 0 Å². The number of aryl methyl sites for hydroxylation is 1. The Hall–Kier alpha value is -3.67. The third kappa shape index (κ3) is 5.59.